The Morgan fingerprint density at radius 1 is 1.10 bits per heavy atom. The van der Waals surface area contributed by atoms with Crippen LogP contribution in [0.4, 0.5) is 0 Å². The van der Waals surface area contributed by atoms with Gasteiger partial charge in [0.25, 0.3) is 0 Å². The molecule has 1 aliphatic carbocycles. The number of carbonyl (C=O) groups is 1. The van der Waals surface area contributed by atoms with Crippen molar-refractivity contribution >= 4 is 17.8 Å². The van der Waals surface area contributed by atoms with Gasteiger partial charge in [0.1, 0.15) is 17.1 Å². The lowest BCUT2D eigenvalue weighted by Gasteiger charge is -2.31. The molecule has 8 N–H and O–H groups in total. The van der Waals surface area contributed by atoms with Gasteiger partial charge in [0.2, 0.25) is 12.2 Å². The van der Waals surface area contributed by atoms with E-state index < -0.39 is 0 Å². The number of benzene rings is 1. The second kappa shape index (κ2) is 17.5. The molecule has 12 nitrogen and oxygen atoms in total. The Morgan fingerprint density at radius 3 is 2.54 bits per heavy atom. The molecule has 4 aromatic rings. The van der Waals surface area contributed by atoms with Crippen LogP contribution in [0.5, 0.6) is 5.75 Å². The Morgan fingerprint density at radius 2 is 1.88 bits per heavy atom. The van der Waals surface area contributed by atoms with Gasteiger partial charge >= 0.3 is 0 Å². The Balaban J connectivity index is 0.000000188. The van der Waals surface area contributed by atoms with Gasteiger partial charge in [-0.2, -0.15) is 5.10 Å². The van der Waals surface area contributed by atoms with Gasteiger partial charge in [-0.05, 0) is 87.6 Å². The third-order valence-electron chi connectivity index (χ3n) is 8.29. The average molecular weight is 677 g/mol. The Hall–Kier alpha value is -5.83. The number of nitrogens with one attached hydrogen (secondary N) is 1. The lowest BCUT2D eigenvalue weighted by molar-refractivity contribution is -0.110. The number of hydrogen-bond donors (Lipinski definition) is 5. The summed E-state index contributed by atoms with van der Waals surface area (Å²) in [6.45, 7) is 9.91. The second-order valence-electron chi connectivity index (χ2n) is 12.6. The van der Waals surface area contributed by atoms with Crippen molar-refractivity contribution in [2.24, 2.45) is 29.0 Å². The molecule has 1 amide bonds. The first kappa shape index (κ1) is 37.0. The van der Waals surface area contributed by atoms with Gasteiger partial charge in [-0.15, -0.1) is 0 Å². The fourth-order valence-electron chi connectivity index (χ4n) is 5.48. The van der Waals surface area contributed by atoms with E-state index >= 15 is 0 Å². The van der Waals surface area contributed by atoms with Crippen LogP contribution in [0.3, 0.4) is 0 Å². The number of aryl methyl sites for hydroxylation is 2. The minimum Gasteiger partial charge on any atom is -0.507 e. The summed E-state index contributed by atoms with van der Waals surface area (Å²) >= 11 is 0. The molecule has 6 rings (SSSR count). The quantitative estimate of drug-likeness (QED) is 0.0859. The van der Waals surface area contributed by atoms with E-state index in [1.54, 1.807) is 41.2 Å². The van der Waals surface area contributed by atoms with Crippen molar-refractivity contribution in [3.8, 4) is 17.6 Å². The van der Waals surface area contributed by atoms with Gasteiger partial charge in [0.15, 0.2) is 5.65 Å². The van der Waals surface area contributed by atoms with Crippen molar-refractivity contribution in [1.29, 1.82) is 0 Å². The molecule has 1 unspecified atom stereocenters. The van der Waals surface area contributed by atoms with Crippen LogP contribution in [0.15, 0.2) is 90.8 Å². The number of para-hydroxylation sites is 1. The first-order valence-corrected chi connectivity index (χ1v) is 16.8. The van der Waals surface area contributed by atoms with E-state index in [0.717, 1.165) is 55.8 Å². The number of aromatic hydroxyl groups is 1. The van der Waals surface area contributed by atoms with Crippen molar-refractivity contribution in [3.63, 3.8) is 0 Å². The fraction of sp³-hybridized carbons (Fsp3) is 0.342. The highest BCUT2D eigenvalue weighted by Crippen LogP contribution is 2.34. The molecule has 0 saturated heterocycles. The third-order valence-corrected chi connectivity index (χ3v) is 8.29. The topological polar surface area (TPSA) is 187 Å². The molecule has 262 valence electrons. The number of amides is 1. The number of rotatable bonds is 6. The van der Waals surface area contributed by atoms with E-state index in [2.05, 4.69) is 68.1 Å². The predicted molar refractivity (Wildman–Crippen MR) is 196 cm³/mol. The summed E-state index contributed by atoms with van der Waals surface area (Å²) in [5, 5.41) is 16.9. The first-order valence-electron chi connectivity index (χ1n) is 16.8. The zero-order valence-electron chi connectivity index (χ0n) is 29.3. The number of aromatic nitrogens is 5. The molecule has 3 aromatic heterocycles. The number of hydrogen-bond acceptors (Lipinski definition) is 10. The van der Waals surface area contributed by atoms with Gasteiger partial charge in [-0.1, -0.05) is 44.1 Å². The van der Waals surface area contributed by atoms with Crippen LogP contribution >= 0.6 is 0 Å². The standard InChI is InChI=1S/C20H30N4O.C11H11N3O.C7H7N3/c1-3-15-7-6-10-24(13-14(2)11-15)18(20(22)23)12-17(21)16-8-4-5-9-19(16)25;1-9-3-7-12-10(14-9)2-4-11(5-6-11)13-8-15;1-6-5-7-8-3-2-4-10(7)9-6/h4-9,12,14-15,25H,3,10-11,13,21-23H2,1-2H3;3,7-8H,5-6H2,1H3,(H,13,15);2-5H,1H3/b7-6-,17-12-;;/t14?,15-;;/m0../s1. The monoisotopic (exact) mass is 676 g/mol. The van der Waals surface area contributed by atoms with Crippen LogP contribution in [-0.4, -0.2) is 59.6 Å². The smallest absolute Gasteiger partial charge is 0.208 e. The van der Waals surface area contributed by atoms with Crippen LogP contribution in [0.25, 0.3) is 11.3 Å². The molecule has 0 bridgehead atoms. The second-order valence-corrected chi connectivity index (χ2v) is 12.6. The molecule has 1 saturated carbocycles. The number of allylic oxidation sites excluding steroid dienone is 2. The molecule has 4 heterocycles. The highest BCUT2D eigenvalue weighted by molar-refractivity contribution is 5.70. The summed E-state index contributed by atoms with van der Waals surface area (Å²) in [5.74, 6) is 7.89. The van der Waals surface area contributed by atoms with Gasteiger partial charge < -0.3 is 32.5 Å². The largest absolute Gasteiger partial charge is 0.507 e. The molecular formula is C38H48N10O2. The lowest BCUT2D eigenvalue weighted by atomic mass is 9.91. The van der Waals surface area contributed by atoms with E-state index in [-0.39, 0.29) is 17.1 Å². The summed E-state index contributed by atoms with van der Waals surface area (Å²) in [7, 11) is 0. The molecule has 12 heteroatoms. The minimum atomic E-state index is -0.311. The average Bonchev–Trinajstić information content (AvgIpc) is 3.74. The minimum absolute atomic E-state index is 0.137. The third kappa shape index (κ3) is 10.8. The fourth-order valence-corrected chi connectivity index (χ4v) is 5.48. The summed E-state index contributed by atoms with van der Waals surface area (Å²) < 4.78 is 1.76. The molecule has 50 heavy (non-hydrogen) atoms. The first-order chi connectivity index (χ1) is 24.0. The summed E-state index contributed by atoms with van der Waals surface area (Å²) in [6, 6.07) is 12.6. The lowest BCUT2D eigenvalue weighted by Crippen LogP contribution is -2.33. The Labute approximate surface area is 294 Å². The van der Waals surface area contributed by atoms with Crippen molar-refractivity contribution in [2.75, 3.05) is 13.1 Å². The molecule has 1 aliphatic heterocycles. The van der Waals surface area contributed by atoms with Crippen LogP contribution in [0, 0.1) is 37.5 Å². The van der Waals surface area contributed by atoms with Crippen molar-refractivity contribution in [3.05, 3.63) is 114 Å². The van der Waals surface area contributed by atoms with Crippen molar-refractivity contribution in [1.82, 2.24) is 34.8 Å². The maximum absolute atomic E-state index is 10.3. The van der Waals surface area contributed by atoms with Gasteiger partial charge in [0.05, 0.1) is 11.4 Å². The number of phenols is 1. The predicted octanol–water partition coefficient (Wildman–Crippen LogP) is 4.16. The van der Waals surface area contributed by atoms with Crippen LogP contribution < -0.4 is 22.5 Å². The number of nitrogens with two attached hydrogens (primary N) is 3. The van der Waals surface area contributed by atoms with E-state index in [1.165, 1.54) is 0 Å². The van der Waals surface area contributed by atoms with Crippen LogP contribution in [0.1, 0.15) is 62.3 Å². The summed E-state index contributed by atoms with van der Waals surface area (Å²) in [5.41, 5.74) is 22.3. The van der Waals surface area contributed by atoms with Crippen molar-refractivity contribution in [2.45, 2.75) is 58.9 Å². The maximum Gasteiger partial charge on any atom is 0.208 e. The molecule has 0 radical (unpaired) electrons. The zero-order valence-corrected chi connectivity index (χ0v) is 29.3. The number of phenolic OH excluding ortho intramolecular Hbond substituents is 1. The number of fused-ring (bicyclic) bond motifs is 1. The van der Waals surface area contributed by atoms with E-state index in [1.807, 2.05) is 44.3 Å². The SMILES string of the molecule is CC[C@H]1/C=C\CN(C(/C=C(\N)c2ccccc2O)=C(N)N)CC(C)C1.Cc1cc2ncccn2n1.Cc1ccnc(C#CC2(NC=O)CC2)n1. The Bertz CT molecular complexity index is 1860. The van der Waals surface area contributed by atoms with E-state index in [0.29, 0.717) is 41.0 Å². The van der Waals surface area contributed by atoms with Crippen molar-refractivity contribution < 1.29 is 9.90 Å². The van der Waals surface area contributed by atoms with Gasteiger partial charge in [-0.3, -0.25) is 4.79 Å². The Kier molecular flexibility index (Phi) is 13.0. The molecule has 2 atom stereocenters. The van der Waals surface area contributed by atoms with Gasteiger partial charge in [-0.25, -0.2) is 19.5 Å². The number of carbonyl (C=O) groups excluding carboxylic acids is 1. The summed E-state index contributed by atoms with van der Waals surface area (Å²) in [6.07, 6.45) is 16.3. The molecule has 1 fully saturated rings. The molecule has 2 aliphatic rings. The molecule has 1 aromatic carbocycles. The zero-order chi connectivity index (χ0) is 36.1. The van der Waals surface area contributed by atoms with E-state index in [4.69, 9.17) is 17.2 Å². The number of nitrogens with zero attached hydrogens (tertiary/aromatic N) is 6. The van der Waals surface area contributed by atoms with E-state index in [9.17, 15) is 9.90 Å². The van der Waals surface area contributed by atoms with Crippen LogP contribution in [-0.2, 0) is 4.79 Å². The molecular weight excluding hydrogens is 628 g/mol. The highest BCUT2D eigenvalue weighted by atomic mass is 16.3. The maximum atomic E-state index is 10.3. The normalized spacial score (nSPS) is 18.3. The van der Waals surface area contributed by atoms with Gasteiger partial charge in [0, 0.05) is 54.7 Å². The van der Waals surface area contributed by atoms with Crippen LogP contribution in [0.2, 0.25) is 0 Å². The molecule has 0 spiro atoms. The summed E-state index contributed by atoms with van der Waals surface area (Å²) in [4.78, 5) is 24.8. The highest BCUT2D eigenvalue weighted by Gasteiger charge is 2.40.